The minimum Gasteiger partial charge on any atom is -0.455 e. The molecule has 0 bridgehead atoms. The summed E-state index contributed by atoms with van der Waals surface area (Å²) in [5, 5.41) is 4.00. The second-order valence-corrected chi connectivity index (χ2v) is 9.55. The summed E-state index contributed by atoms with van der Waals surface area (Å²) in [6, 6.07) is 16.9. The van der Waals surface area contributed by atoms with E-state index in [9.17, 15) is 9.59 Å². The Hall–Kier alpha value is -3.97. The Morgan fingerprint density at radius 3 is 2.67 bits per heavy atom. The van der Waals surface area contributed by atoms with E-state index in [0.29, 0.717) is 46.8 Å². The Morgan fingerprint density at radius 2 is 1.94 bits per heavy atom. The number of nitrogens with zero attached hydrogens (tertiary/aromatic N) is 2. The van der Waals surface area contributed by atoms with Crippen molar-refractivity contribution >= 4 is 22.6 Å². The van der Waals surface area contributed by atoms with Crippen molar-refractivity contribution in [3.63, 3.8) is 0 Å². The van der Waals surface area contributed by atoms with Crippen LogP contribution in [0.3, 0.4) is 0 Å². The zero-order chi connectivity index (χ0) is 25.4. The molecule has 2 unspecified atom stereocenters. The number of aromatic nitrogens is 1. The van der Waals surface area contributed by atoms with E-state index in [0.717, 1.165) is 23.1 Å². The standard InChI is InChI=1S/C29H30N4O3/c1-17-14-22(28-23(15-17)26(34)18(2)27(36-28)20-8-5-4-6-9-20)19(3)32-24-10-7-12-31-25(24)29(35)33-13-11-21(30)16-33/h4-10,12,14-15,19,21,32H,11,13,16,30H2,1-3H3. The molecule has 184 valence electrons. The average Bonchev–Trinajstić information content (AvgIpc) is 3.32. The minimum absolute atomic E-state index is 0.00295. The molecule has 1 amide bonds. The van der Waals surface area contributed by atoms with Gasteiger partial charge >= 0.3 is 0 Å². The van der Waals surface area contributed by atoms with E-state index in [2.05, 4.69) is 10.3 Å². The summed E-state index contributed by atoms with van der Waals surface area (Å²) in [5.41, 5.74) is 10.7. The molecule has 2 aromatic carbocycles. The third-order valence-corrected chi connectivity index (χ3v) is 6.79. The molecule has 2 atom stereocenters. The van der Waals surface area contributed by atoms with Gasteiger partial charge in [0.15, 0.2) is 11.1 Å². The van der Waals surface area contributed by atoms with Gasteiger partial charge in [0.2, 0.25) is 0 Å². The molecule has 5 rings (SSSR count). The normalized spacial score (nSPS) is 16.3. The number of hydrogen-bond acceptors (Lipinski definition) is 6. The van der Waals surface area contributed by atoms with E-state index in [-0.39, 0.29) is 23.4 Å². The van der Waals surface area contributed by atoms with Crippen molar-refractivity contribution in [2.24, 2.45) is 5.73 Å². The van der Waals surface area contributed by atoms with Gasteiger partial charge in [0.05, 0.1) is 17.1 Å². The second-order valence-electron chi connectivity index (χ2n) is 9.55. The lowest BCUT2D eigenvalue weighted by Gasteiger charge is -2.22. The number of carbonyl (C=O) groups is 1. The molecule has 4 aromatic rings. The first kappa shape index (κ1) is 23.8. The fourth-order valence-corrected chi connectivity index (χ4v) is 4.88. The van der Waals surface area contributed by atoms with Gasteiger partial charge in [-0.15, -0.1) is 0 Å². The largest absolute Gasteiger partial charge is 0.455 e. The molecule has 7 heteroatoms. The minimum atomic E-state index is -0.265. The first-order valence-corrected chi connectivity index (χ1v) is 12.2. The van der Waals surface area contributed by atoms with Crippen LogP contribution < -0.4 is 16.5 Å². The van der Waals surface area contributed by atoms with Crippen molar-refractivity contribution in [3.8, 4) is 11.3 Å². The lowest BCUT2D eigenvalue weighted by molar-refractivity contribution is 0.0786. The lowest BCUT2D eigenvalue weighted by atomic mass is 9.98. The maximum absolute atomic E-state index is 13.4. The molecule has 0 aliphatic carbocycles. The number of likely N-dealkylation sites (tertiary alicyclic amines) is 1. The number of nitrogens with two attached hydrogens (primary N) is 1. The molecule has 1 aliphatic heterocycles. The van der Waals surface area contributed by atoms with Crippen molar-refractivity contribution in [1.29, 1.82) is 0 Å². The number of nitrogens with one attached hydrogen (secondary N) is 1. The Balaban J connectivity index is 1.56. The molecule has 1 aliphatic rings. The van der Waals surface area contributed by atoms with Crippen LogP contribution in [0.2, 0.25) is 0 Å². The molecule has 2 aromatic heterocycles. The third kappa shape index (κ3) is 4.38. The first-order valence-electron chi connectivity index (χ1n) is 12.2. The zero-order valence-corrected chi connectivity index (χ0v) is 20.7. The number of anilines is 1. The van der Waals surface area contributed by atoms with Crippen molar-refractivity contribution in [2.45, 2.75) is 39.3 Å². The Bertz CT molecular complexity index is 1500. The third-order valence-electron chi connectivity index (χ3n) is 6.79. The zero-order valence-electron chi connectivity index (χ0n) is 20.7. The van der Waals surface area contributed by atoms with E-state index in [1.807, 2.05) is 62.4 Å². The van der Waals surface area contributed by atoms with E-state index in [1.165, 1.54) is 0 Å². The summed E-state index contributed by atoms with van der Waals surface area (Å²) in [5.74, 6) is 0.425. The van der Waals surface area contributed by atoms with Crippen molar-refractivity contribution in [3.05, 3.63) is 93.4 Å². The number of carbonyl (C=O) groups excluding carboxylic acids is 1. The molecular formula is C29H30N4O3. The second kappa shape index (κ2) is 9.59. The first-order chi connectivity index (χ1) is 17.3. The number of aryl methyl sites for hydroxylation is 1. The lowest BCUT2D eigenvalue weighted by Crippen LogP contribution is -2.33. The highest BCUT2D eigenvalue weighted by Crippen LogP contribution is 2.32. The molecule has 36 heavy (non-hydrogen) atoms. The van der Waals surface area contributed by atoms with Crippen LogP contribution in [0.25, 0.3) is 22.3 Å². The number of benzene rings is 2. The van der Waals surface area contributed by atoms with Gasteiger partial charge in [-0.3, -0.25) is 9.59 Å². The highest BCUT2D eigenvalue weighted by atomic mass is 16.3. The van der Waals surface area contributed by atoms with Gasteiger partial charge in [-0.2, -0.15) is 0 Å². The number of amides is 1. The number of rotatable bonds is 5. The maximum atomic E-state index is 13.4. The number of hydrogen-bond donors (Lipinski definition) is 2. The summed E-state index contributed by atoms with van der Waals surface area (Å²) >= 11 is 0. The van der Waals surface area contributed by atoms with Crippen molar-refractivity contribution in [2.75, 3.05) is 18.4 Å². The Kier molecular flexibility index (Phi) is 6.33. The topological polar surface area (TPSA) is 101 Å². The van der Waals surface area contributed by atoms with Gasteiger partial charge in [-0.1, -0.05) is 36.4 Å². The fourth-order valence-electron chi connectivity index (χ4n) is 4.88. The van der Waals surface area contributed by atoms with E-state index >= 15 is 0 Å². The summed E-state index contributed by atoms with van der Waals surface area (Å²) < 4.78 is 6.43. The van der Waals surface area contributed by atoms with Gasteiger partial charge in [-0.05, 0) is 51.0 Å². The van der Waals surface area contributed by atoms with Gasteiger partial charge in [0, 0.05) is 42.0 Å². The Labute approximate surface area is 210 Å². The summed E-state index contributed by atoms with van der Waals surface area (Å²) in [4.78, 5) is 32.7. The smallest absolute Gasteiger partial charge is 0.274 e. The highest BCUT2D eigenvalue weighted by molar-refractivity contribution is 5.98. The average molecular weight is 483 g/mol. The maximum Gasteiger partial charge on any atom is 0.274 e. The molecule has 3 N–H and O–H groups in total. The van der Waals surface area contributed by atoms with Crippen LogP contribution in [0.15, 0.2) is 70.0 Å². The molecule has 1 saturated heterocycles. The van der Waals surface area contributed by atoms with Crippen LogP contribution in [0.4, 0.5) is 5.69 Å². The van der Waals surface area contributed by atoms with Crippen LogP contribution in [0.1, 0.15) is 46.6 Å². The van der Waals surface area contributed by atoms with E-state index in [4.69, 9.17) is 10.2 Å². The highest BCUT2D eigenvalue weighted by Gasteiger charge is 2.27. The van der Waals surface area contributed by atoms with Crippen LogP contribution in [0, 0.1) is 13.8 Å². The monoisotopic (exact) mass is 482 g/mol. The molecule has 7 nitrogen and oxygen atoms in total. The van der Waals surface area contributed by atoms with Gasteiger partial charge < -0.3 is 20.4 Å². The fraction of sp³-hybridized carbons (Fsp3) is 0.276. The summed E-state index contributed by atoms with van der Waals surface area (Å²) in [6.07, 6.45) is 2.41. The summed E-state index contributed by atoms with van der Waals surface area (Å²) in [7, 11) is 0. The number of fused-ring (bicyclic) bond motifs is 1. The quantitative estimate of drug-likeness (QED) is 0.423. The van der Waals surface area contributed by atoms with E-state index in [1.54, 1.807) is 24.1 Å². The van der Waals surface area contributed by atoms with Gasteiger partial charge in [-0.25, -0.2) is 4.98 Å². The molecule has 0 radical (unpaired) electrons. The van der Waals surface area contributed by atoms with Crippen LogP contribution in [-0.4, -0.2) is 34.9 Å². The molecule has 3 heterocycles. The molecule has 0 saturated carbocycles. The Morgan fingerprint density at radius 1 is 1.17 bits per heavy atom. The molecule has 1 fully saturated rings. The van der Waals surface area contributed by atoms with Crippen molar-refractivity contribution in [1.82, 2.24) is 9.88 Å². The SMILES string of the molecule is Cc1cc(C(C)Nc2cccnc2C(=O)N2CCC(N)C2)c2oc(-c3ccccc3)c(C)c(=O)c2c1. The molecular weight excluding hydrogens is 452 g/mol. The van der Waals surface area contributed by atoms with Gasteiger partial charge in [0.25, 0.3) is 5.91 Å². The van der Waals surface area contributed by atoms with Gasteiger partial charge in [0.1, 0.15) is 11.3 Å². The van der Waals surface area contributed by atoms with Crippen LogP contribution >= 0.6 is 0 Å². The predicted molar refractivity (Wildman–Crippen MR) is 142 cm³/mol. The summed E-state index contributed by atoms with van der Waals surface area (Å²) in [6.45, 7) is 6.91. The predicted octanol–water partition coefficient (Wildman–Crippen LogP) is 4.82. The van der Waals surface area contributed by atoms with E-state index < -0.39 is 0 Å². The van der Waals surface area contributed by atoms with Crippen LogP contribution in [-0.2, 0) is 0 Å². The number of pyridine rings is 1. The van der Waals surface area contributed by atoms with Crippen LogP contribution in [0.5, 0.6) is 0 Å². The molecule has 0 spiro atoms. The van der Waals surface area contributed by atoms with Crippen molar-refractivity contribution < 1.29 is 9.21 Å².